The molecule has 146 valence electrons. The third kappa shape index (κ3) is 4.05. The summed E-state index contributed by atoms with van der Waals surface area (Å²) in [7, 11) is 0. The maximum Gasteiger partial charge on any atom is 0.203 e. The Morgan fingerprint density at radius 2 is 2.32 bits per heavy atom. The van der Waals surface area contributed by atoms with Gasteiger partial charge in [0.15, 0.2) is 11.8 Å². The molecule has 8 heteroatoms. The van der Waals surface area contributed by atoms with Gasteiger partial charge in [-0.2, -0.15) is 0 Å². The number of benzene rings is 1. The highest BCUT2D eigenvalue weighted by Crippen LogP contribution is 2.24. The average molecular weight is 378 g/mol. The minimum absolute atomic E-state index is 0.432. The lowest BCUT2D eigenvalue weighted by Gasteiger charge is -2.32. The molecular weight excluding hydrogens is 352 g/mol. The quantitative estimate of drug-likeness (QED) is 0.522. The monoisotopic (exact) mass is 378 g/mol. The number of fused-ring (bicyclic) bond motifs is 1. The Labute approximate surface area is 164 Å². The van der Waals surface area contributed by atoms with Crippen molar-refractivity contribution in [2.45, 2.75) is 26.2 Å². The van der Waals surface area contributed by atoms with E-state index in [-0.39, 0.29) is 0 Å². The lowest BCUT2D eigenvalue weighted by molar-refractivity contribution is 0.422. The van der Waals surface area contributed by atoms with E-state index in [0.29, 0.717) is 18.4 Å². The van der Waals surface area contributed by atoms with Gasteiger partial charge in [-0.1, -0.05) is 19.1 Å². The van der Waals surface area contributed by atoms with Crippen LogP contribution in [0.2, 0.25) is 0 Å². The summed E-state index contributed by atoms with van der Waals surface area (Å²) < 4.78 is 1.90. The summed E-state index contributed by atoms with van der Waals surface area (Å²) >= 11 is 0. The molecule has 4 rings (SSSR count). The van der Waals surface area contributed by atoms with Gasteiger partial charge in [0.25, 0.3) is 0 Å². The average Bonchev–Trinajstić information content (AvgIpc) is 3.21. The molecule has 0 bridgehead atoms. The second-order valence-corrected chi connectivity index (χ2v) is 7.17. The molecule has 1 fully saturated rings. The molecule has 0 amide bonds. The number of rotatable bonds is 5. The van der Waals surface area contributed by atoms with Crippen molar-refractivity contribution < 1.29 is 0 Å². The molecule has 1 atom stereocenters. The molecule has 28 heavy (non-hydrogen) atoms. The Bertz CT molecular complexity index is 964. The van der Waals surface area contributed by atoms with Crippen molar-refractivity contribution in [3.8, 4) is 0 Å². The molecule has 1 saturated heterocycles. The lowest BCUT2D eigenvalue weighted by Crippen LogP contribution is -2.38. The maximum absolute atomic E-state index is 6.11. The van der Waals surface area contributed by atoms with E-state index in [1.807, 2.05) is 22.7 Å². The molecular formula is C20H26N8. The van der Waals surface area contributed by atoms with Crippen LogP contribution in [0, 0.1) is 5.92 Å². The smallest absolute Gasteiger partial charge is 0.203 e. The first-order chi connectivity index (χ1) is 13.7. The van der Waals surface area contributed by atoms with Crippen LogP contribution in [0.3, 0.4) is 0 Å². The predicted octanol–water partition coefficient (Wildman–Crippen LogP) is 2.33. The van der Waals surface area contributed by atoms with Gasteiger partial charge in [-0.25, -0.2) is 4.98 Å². The van der Waals surface area contributed by atoms with E-state index in [9.17, 15) is 0 Å². The third-order valence-electron chi connectivity index (χ3n) is 5.14. The largest absolute Gasteiger partial charge is 0.370 e. The fourth-order valence-corrected chi connectivity index (χ4v) is 3.66. The lowest BCUT2D eigenvalue weighted by atomic mass is 9.98. The third-order valence-corrected chi connectivity index (χ3v) is 5.14. The number of hydrogen-bond donors (Lipinski definition) is 2. The van der Waals surface area contributed by atoms with Crippen LogP contribution in [0.5, 0.6) is 0 Å². The Morgan fingerprint density at radius 1 is 1.39 bits per heavy atom. The van der Waals surface area contributed by atoms with Crippen LogP contribution < -0.4 is 16.0 Å². The number of guanidine groups is 1. The minimum Gasteiger partial charge on any atom is -0.370 e. The van der Waals surface area contributed by atoms with Crippen molar-refractivity contribution in [2.75, 3.05) is 29.9 Å². The van der Waals surface area contributed by atoms with E-state index in [2.05, 4.69) is 49.4 Å². The Balaban J connectivity index is 1.39. The topological polar surface area (TPSA) is 96.7 Å². The molecule has 0 saturated carbocycles. The van der Waals surface area contributed by atoms with E-state index in [1.54, 1.807) is 12.5 Å². The molecule has 8 nitrogen and oxygen atoms in total. The SMILES string of the molecule is CCc1cccc(NC(N)=NCC2CCCN(c3nccn4cnnc34)C2)c1. The van der Waals surface area contributed by atoms with Gasteiger partial charge in [-0.05, 0) is 42.9 Å². The number of piperidine rings is 1. The van der Waals surface area contributed by atoms with Crippen molar-refractivity contribution in [2.24, 2.45) is 16.6 Å². The Morgan fingerprint density at radius 3 is 3.21 bits per heavy atom. The van der Waals surface area contributed by atoms with Gasteiger partial charge >= 0.3 is 0 Å². The Kier molecular flexibility index (Phi) is 5.36. The summed E-state index contributed by atoms with van der Waals surface area (Å²) in [5.74, 6) is 1.78. The number of aromatic nitrogens is 4. The normalized spacial score (nSPS) is 17.8. The molecule has 3 N–H and O–H groups in total. The molecule has 0 radical (unpaired) electrons. The number of hydrogen-bond acceptors (Lipinski definition) is 5. The molecule has 0 spiro atoms. The van der Waals surface area contributed by atoms with Crippen molar-refractivity contribution in [1.82, 2.24) is 19.6 Å². The molecule has 2 aromatic heterocycles. The molecule has 1 aliphatic heterocycles. The zero-order valence-electron chi connectivity index (χ0n) is 16.1. The summed E-state index contributed by atoms with van der Waals surface area (Å²) in [6, 6.07) is 8.26. The van der Waals surface area contributed by atoms with Crippen LogP contribution >= 0.6 is 0 Å². The van der Waals surface area contributed by atoms with Crippen LogP contribution in [0.1, 0.15) is 25.3 Å². The number of nitrogens with one attached hydrogen (secondary N) is 1. The fourth-order valence-electron chi connectivity index (χ4n) is 3.66. The zero-order chi connectivity index (χ0) is 19.3. The summed E-state index contributed by atoms with van der Waals surface area (Å²) in [4.78, 5) is 11.4. The van der Waals surface area contributed by atoms with E-state index in [0.717, 1.165) is 49.5 Å². The number of anilines is 2. The second-order valence-electron chi connectivity index (χ2n) is 7.17. The summed E-state index contributed by atoms with van der Waals surface area (Å²) in [5.41, 5.74) is 9.16. The van der Waals surface area contributed by atoms with Gasteiger partial charge in [0.2, 0.25) is 5.65 Å². The maximum atomic E-state index is 6.11. The molecule has 3 aromatic rings. The molecule has 3 heterocycles. The van der Waals surface area contributed by atoms with Crippen LogP contribution in [0.25, 0.3) is 5.65 Å². The summed E-state index contributed by atoms with van der Waals surface area (Å²) in [5, 5.41) is 11.4. The van der Waals surface area contributed by atoms with Crippen molar-refractivity contribution >= 4 is 23.1 Å². The Hall–Kier alpha value is -3.16. The van der Waals surface area contributed by atoms with E-state index >= 15 is 0 Å². The van der Waals surface area contributed by atoms with E-state index in [1.165, 1.54) is 5.56 Å². The molecule has 0 aliphatic carbocycles. The number of nitrogens with zero attached hydrogens (tertiary/aromatic N) is 6. The van der Waals surface area contributed by atoms with Gasteiger partial charge in [-0.15, -0.1) is 10.2 Å². The van der Waals surface area contributed by atoms with Crippen molar-refractivity contribution in [3.05, 3.63) is 48.5 Å². The highest BCUT2D eigenvalue weighted by atomic mass is 15.3. The first-order valence-electron chi connectivity index (χ1n) is 9.78. The summed E-state index contributed by atoms with van der Waals surface area (Å²) in [6.07, 6.45) is 8.59. The number of aliphatic imine (C=N–C) groups is 1. The van der Waals surface area contributed by atoms with Gasteiger partial charge in [0.1, 0.15) is 6.33 Å². The number of nitrogens with two attached hydrogens (primary N) is 1. The molecule has 1 aromatic carbocycles. The predicted molar refractivity (Wildman–Crippen MR) is 112 cm³/mol. The number of aryl methyl sites for hydroxylation is 1. The highest BCUT2D eigenvalue weighted by Gasteiger charge is 2.23. The van der Waals surface area contributed by atoms with Gasteiger partial charge in [-0.3, -0.25) is 9.39 Å². The summed E-state index contributed by atoms with van der Waals surface area (Å²) in [6.45, 7) is 4.69. The standard InChI is InChI=1S/C20H26N8/c1-2-15-5-3-7-17(11-15)25-20(21)23-12-16-6-4-9-27(13-16)18-19-26-24-14-28(19)10-8-22-18/h3,5,7-8,10-11,14,16H,2,4,6,9,12-13H2,1H3,(H3,21,23,25). The highest BCUT2D eigenvalue weighted by molar-refractivity contribution is 5.92. The second kappa shape index (κ2) is 8.24. The van der Waals surface area contributed by atoms with Crippen molar-refractivity contribution in [1.29, 1.82) is 0 Å². The fraction of sp³-hybridized carbons (Fsp3) is 0.400. The van der Waals surface area contributed by atoms with E-state index in [4.69, 9.17) is 5.73 Å². The van der Waals surface area contributed by atoms with Gasteiger partial charge in [0, 0.05) is 37.7 Å². The van der Waals surface area contributed by atoms with Crippen LogP contribution in [-0.4, -0.2) is 45.2 Å². The molecule has 1 aliphatic rings. The minimum atomic E-state index is 0.432. The van der Waals surface area contributed by atoms with E-state index < -0.39 is 0 Å². The first-order valence-corrected chi connectivity index (χ1v) is 9.78. The molecule has 1 unspecified atom stereocenters. The van der Waals surface area contributed by atoms with Crippen molar-refractivity contribution in [3.63, 3.8) is 0 Å². The van der Waals surface area contributed by atoms with Crippen LogP contribution in [-0.2, 0) is 6.42 Å². The zero-order valence-corrected chi connectivity index (χ0v) is 16.1. The van der Waals surface area contributed by atoms with Crippen LogP contribution in [0.15, 0.2) is 48.0 Å². The van der Waals surface area contributed by atoms with Crippen LogP contribution in [0.4, 0.5) is 11.5 Å². The van der Waals surface area contributed by atoms with Gasteiger partial charge in [0.05, 0.1) is 0 Å². The van der Waals surface area contributed by atoms with Gasteiger partial charge < -0.3 is 16.0 Å². The first kappa shape index (κ1) is 18.2.